The second-order valence-corrected chi connectivity index (χ2v) is 7.25. The van der Waals surface area contributed by atoms with Gasteiger partial charge < -0.3 is 14.7 Å². The van der Waals surface area contributed by atoms with Crippen LogP contribution in [0.4, 0.5) is 10.5 Å². The molecular weight excluding hydrogens is 356 g/mol. The van der Waals surface area contributed by atoms with E-state index in [4.69, 9.17) is 9.57 Å². The standard InChI is InChI=1S/C14H12N2O6S2/c17-14(18)16(10-4-2-1-3-5-10)24(19,20)11-6-9-23-12(11)13-15-22-8-7-21-13/h1-6,9H,7-8H2,(H,17,18). The van der Waals surface area contributed by atoms with Gasteiger partial charge in [-0.05, 0) is 28.7 Å². The van der Waals surface area contributed by atoms with Gasteiger partial charge in [-0.15, -0.1) is 11.3 Å². The quantitative estimate of drug-likeness (QED) is 0.888. The fourth-order valence-corrected chi connectivity index (χ4v) is 4.71. The molecule has 1 aromatic carbocycles. The maximum Gasteiger partial charge on any atom is 0.426 e. The van der Waals surface area contributed by atoms with Gasteiger partial charge in [-0.25, -0.2) is 13.2 Å². The highest BCUT2D eigenvalue weighted by Crippen LogP contribution is 2.30. The van der Waals surface area contributed by atoms with Gasteiger partial charge in [0.25, 0.3) is 15.9 Å². The average Bonchev–Trinajstić information content (AvgIpc) is 3.07. The summed E-state index contributed by atoms with van der Waals surface area (Å²) in [5.74, 6) is 0.0215. The number of sulfonamides is 1. The molecule has 8 nitrogen and oxygen atoms in total. The summed E-state index contributed by atoms with van der Waals surface area (Å²) in [6.45, 7) is 0.500. The molecule has 3 rings (SSSR count). The zero-order valence-electron chi connectivity index (χ0n) is 12.2. The maximum atomic E-state index is 12.9. The van der Waals surface area contributed by atoms with Gasteiger partial charge in [0.15, 0.2) is 6.61 Å². The van der Waals surface area contributed by atoms with E-state index in [1.54, 1.807) is 18.2 Å². The van der Waals surface area contributed by atoms with E-state index in [1.807, 2.05) is 0 Å². The van der Waals surface area contributed by atoms with Gasteiger partial charge in [0.05, 0.1) is 5.69 Å². The Kier molecular flexibility index (Phi) is 4.40. The molecule has 0 saturated heterocycles. The summed E-state index contributed by atoms with van der Waals surface area (Å²) >= 11 is 1.07. The number of benzene rings is 1. The molecule has 1 N–H and O–H groups in total. The fourth-order valence-electron chi connectivity index (χ4n) is 2.08. The average molecular weight is 368 g/mol. The third-order valence-electron chi connectivity index (χ3n) is 3.07. The molecule has 0 aliphatic carbocycles. The van der Waals surface area contributed by atoms with Crippen LogP contribution in [0.25, 0.3) is 0 Å². The molecule has 1 aliphatic heterocycles. The first-order chi connectivity index (χ1) is 11.5. The molecule has 1 amide bonds. The van der Waals surface area contributed by atoms with Crippen LogP contribution in [0.15, 0.2) is 51.8 Å². The molecule has 0 atom stereocenters. The molecule has 0 unspecified atom stereocenters. The van der Waals surface area contributed by atoms with Crippen LogP contribution in [0.1, 0.15) is 4.88 Å². The number of carboxylic acid groups (broad SMARTS) is 1. The van der Waals surface area contributed by atoms with Gasteiger partial charge in [-0.3, -0.25) is 0 Å². The largest absolute Gasteiger partial charge is 0.471 e. The summed E-state index contributed by atoms with van der Waals surface area (Å²) in [5, 5.41) is 14.6. The number of hydrogen-bond acceptors (Lipinski definition) is 7. The molecule has 10 heteroatoms. The van der Waals surface area contributed by atoms with Gasteiger partial charge in [0, 0.05) is 0 Å². The van der Waals surface area contributed by atoms with Gasteiger partial charge in [0.1, 0.15) is 16.4 Å². The topological polar surface area (TPSA) is 106 Å². The van der Waals surface area contributed by atoms with Crippen molar-refractivity contribution in [2.45, 2.75) is 4.90 Å². The van der Waals surface area contributed by atoms with Crippen LogP contribution in [0, 0.1) is 0 Å². The minimum atomic E-state index is -4.36. The Morgan fingerprint density at radius 1 is 1.21 bits per heavy atom. The van der Waals surface area contributed by atoms with Crippen LogP contribution >= 0.6 is 11.3 Å². The Hall–Kier alpha value is -2.59. The monoisotopic (exact) mass is 368 g/mol. The lowest BCUT2D eigenvalue weighted by atomic mass is 10.3. The molecule has 2 heterocycles. The smallest absolute Gasteiger partial charge is 0.426 e. The Balaban J connectivity index is 2.09. The van der Waals surface area contributed by atoms with Gasteiger partial charge in [-0.2, -0.15) is 4.31 Å². The van der Waals surface area contributed by atoms with Crippen molar-refractivity contribution in [1.29, 1.82) is 0 Å². The fraction of sp³-hybridized carbons (Fsp3) is 0.143. The number of rotatable bonds is 4. The second kappa shape index (κ2) is 6.49. The molecule has 0 bridgehead atoms. The SMILES string of the molecule is O=C(O)N(c1ccccc1)S(=O)(=O)c1ccsc1C1=NOCCO1. The molecular formula is C14H12N2O6S2. The van der Waals surface area contributed by atoms with Gasteiger partial charge >= 0.3 is 6.09 Å². The highest BCUT2D eigenvalue weighted by molar-refractivity contribution is 7.93. The summed E-state index contributed by atoms with van der Waals surface area (Å²) < 4.78 is 31.4. The summed E-state index contributed by atoms with van der Waals surface area (Å²) in [6, 6.07) is 8.88. The van der Waals surface area contributed by atoms with Crippen molar-refractivity contribution in [3.05, 3.63) is 46.7 Å². The van der Waals surface area contributed by atoms with E-state index in [0.29, 0.717) is 4.31 Å². The molecule has 0 radical (unpaired) electrons. The lowest BCUT2D eigenvalue weighted by Gasteiger charge is -2.20. The number of para-hydroxylation sites is 1. The number of nitrogens with zero attached hydrogens (tertiary/aromatic N) is 2. The third-order valence-corrected chi connectivity index (χ3v) is 5.84. The number of hydrogen-bond donors (Lipinski definition) is 1. The normalized spacial score (nSPS) is 14.2. The molecule has 126 valence electrons. The minimum Gasteiger partial charge on any atom is -0.471 e. The highest BCUT2D eigenvalue weighted by atomic mass is 32.2. The molecule has 1 aliphatic rings. The summed E-state index contributed by atoms with van der Waals surface area (Å²) in [6.07, 6.45) is -1.61. The van der Waals surface area contributed by atoms with Crippen LogP contribution < -0.4 is 4.31 Å². The van der Waals surface area contributed by atoms with E-state index in [0.717, 1.165) is 11.3 Å². The minimum absolute atomic E-state index is 0.0184. The second-order valence-electron chi connectivity index (χ2n) is 4.58. The van der Waals surface area contributed by atoms with E-state index in [9.17, 15) is 18.3 Å². The first-order valence-corrected chi connectivity index (χ1v) is 9.07. The first-order valence-electron chi connectivity index (χ1n) is 6.76. The first kappa shape index (κ1) is 16.3. The Bertz CT molecular complexity index is 876. The van der Waals surface area contributed by atoms with E-state index in [1.165, 1.54) is 23.6 Å². The van der Waals surface area contributed by atoms with Gasteiger partial charge in [-0.1, -0.05) is 18.2 Å². The van der Waals surface area contributed by atoms with Crippen molar-refractivity contribution in [1.82, 2.24) is 0 Å². The van der Waals surface area contributed by atoms with Gasteiger partial charge in [0.2, 0.25) is 0 Å². The Labute approximate surface area is 141 Å². The van der Waals surface area contributed by atoms with Crippen molar-refractivity contribution < 1.29 is 27.9 Å². The predicted octanol–water partition coefficient (Wildman–Crippen LogP) is 2.33. The third kappa shape index (κ3) is 2.93. The Morgan fingerprint density at radius 3 is 2.58 bits per heavy atom. The van der Waals surface area contributed by atoms with Crippen LogP contribution in [0.3, 0.4) is 0 Å². The molecule has 0 fully saturated rings. The van der Waals surface area contributed by atoms with Crippen LogP contribution in [0.2, 0.25) is 0 Å². The molecule has 0 saturated carbocycles. The molecule has 2 aromatic rings. The zero-order chi connectivity index (χ0) is 17.2. The van der Waals surface area contributed by atoms with E-state index >= 15 is 0 Å². The van der Waals surface area contributed by atoms with Crippen molar-refractivity contribution in [2.24, 2.45) is 5.16 Å². The molecule has 0 spiro atoms. The van der Waals surface area contributed by atoms with Crippen molar-refractivity contribution in [2.75, 3.05) is 17.5 Å². The lowest BCUT2D eigenvalue weighted by molar-refractivity contribution is 0.0656. The van der Waals surface area contributed by atoms with E-state index in [2.05, 4.69) is 5.16 Å². The zero-order valence-corrected chi connectivity index (χ0v) is 13.8. The van der Waals surface area contributed by atoms with Crippen LogP contribution in [-0.2, 0) is 19.6 Å². The highest BCUT2D eigenvalue weighted by Gasteiger charge is 2.35. The summed E-state index contributed by atoms with van der Waals surface area (Å²) in [7, 11) is -4.36. The van der Waals surface area contributed by atoms with Crippen molar-refractivity contribution in [3.8, 4) is 0 Å². The summed E-state index contributed by atoms with van der Waals surface area (Å²) in [4.78, 5) is 16.5. The maximum absolute atomic E-state index is 12.9. The van der Waals surface area contributed by atoms with Crippen LogP contribution in [0.5, 0.6) is 0 Å². The van der Waals surface area contributed by atoms with E-state index < -0.39 is 16.1 Å². The number of amides is 1. The molecule has 1 aromatic heterocycles. The Morgan fingerprint density at radius 2 is 1.96 bits per heavy atom. The van der Waals surface area contributed by atoms with Crippen LogP contribution in [-0.4, -0.2) is 38.7 Å². The predicted molar refractivity (Wildman–Crippen MR) is 86.9 cm³/mol. The van der Waals surface area contributed by atoms with Crippen molar-refractivity contribution >= 4 is 39.0 Å². The lowest BCUT2D eigenvalue weighted by Crippen LogP contribution is -2.36. The molecule has 24 heavy (non-hydrogen) atoms. The van der Waals surface area contributed by atoms with Crippen molar-refractivity contribution in [3.63, 3.8) is 0 Å². The number of ether oxygens (including phenoxy) is 1. The number of anilines is 1. The number of carbonyl (C=O) groups is 1. The number of oxime groups is 1. The van der Waals surface area contributed by atoms with E-state index in [-0.39, 0.29) is 34.6 Å². The number of thiophene rings is 1. The summed E-state index contributed by atoms with van der Waals surface area (Å²) in [5.41, 5.74) is 0.0184.